The number of hydrogen-bond donors (Lipinski definition) is 0. The lowest BCUT2D eigenvalue weighted by molar-refractivity contribution is -0.130. The number of hydrogen-bond acceptors (Lipinski definition) is 3. The minimum absolute atomic E-state index is 0.395. The van der Waals surface area contributed by atoms with E-state index < -0.39 is 5.97 Å². The molecule has 0 amide bonds. The number of methoxy groups -OCH3 is 1. The maximum atomic E-state index is 11.5. The Morgan fingerprint density at radius 1 is 1.40 bits per heavy atom. The van der Waals surface area contributed by atoms with Crippen molar-refractivity contribution in [2.45, 2.75) is 0 Å². The fraction of sp³-hybridized carbons (Fsp3) is 0.182. The number of carbonyl (C=O) groups is 1. The van der Waals surface area contributed by atoms with Gasteiger partial charge < -0.3 is 9.47 Å². The topological polar surface area (TPSA) is 35.5 Å². The van der Waals surface area contributed by atoms with E-state index >= 15 is 0 Å². The summed E-state index contributed by atoms with van der Waals surface area (Å²) in [6.45, 7) is 0. The molecule has 0 radical (unpaired) electrons. The third-order valence-corrected chi connectivity index (χ3v) is 2.22. The van der Waals surface area contributed by atoms with Gasteiger partial charge in [-0.15, -0.1) is 0 Å². The van der Waals surface area contributed by atoms with Gasteiger partial charge in [0.15, 0.2) is 0 Å². The summed E-state index contributed by atoms with van der Waals surface area (Å²) in [6.07, 6.45) is 1.36. The molecule has 3 nitrogen and oxygen atoms in total. The van der Waals surface area contributed by atoms with E-state index in [0.29, 0.717) is 16.7 Å². The molecule has 4 heteroatoms. The van der Waals surface area contributed by atoms with E-state index in [1.165, 1.54) is 13.4 Å². The standard InChI is InChI=1S/C11H11BrO3/c1-14-8-9(7-12)11(13)15-10-5-3-2-4-6-10/h2-6,8H,7H2,1H3. The van der Waals surface area contributed by atoms with Crippen LogP contribution >= 0.6 is 15.9 Å². The van der Waals surface area contributed by atoms with Crippen molar-refractivity contribution in [1.29, 1.82) is 0 Å². The Labute approximate surface area is 96.8 Å². The van der Waals surface area contributed by atoms with Gasteiger partial charge in [0.2, 0.25) is 0 Å². The molecule has 0 spiro atoms. The molecule has 80 valence electrons. The highest BCUT2D eigenvalue weighted by Crippen LogP contribution is 2.11. The van der Waals surface area contributed by atoms with Crippen molar-refractivity contribution in [2.24, 2.45) is 0 Å². The summed E-state index contributed by atoms with van der Waals surface area (Å²) in [6, 6.07) is 8.90. The molecule has 0 atom stereocenters. The lowest BCUT2D eigenvalue weighted by Gasteiger charge is -2.04. The summed E-state index contributed by atoms with van der Waals surface area (Å²) in [5.41, 5.74) is 0.432. The summed E-state index contributed by atoms with van der Waals surface area (Å²) in [5, 5.41) is 0.395. The number of benzene rings is 1. The van der Waals surface area contributed by atoms with E-state index in [9.17, 15) is 4.79 Å². The largest absolute Gasteiger partial charge is 0.504 e. The van der Waals surface area contributed by atoms with Crippen LogP contribution in [0.25, 0.3) is 0 Å². The van der Waals surface area contributed by atoms with Crippen LogP contribution in [0.1, 0.15) is 0 Å². The van der Waals surface area contributed by atoms with Crippen molar-refractivity contribution in [3.05, 3.63) is 42.2 Å². The maximum Gasteiger partial charge on any atom is 0.343 e. The Balaban J connectivity index is 2.67. The number of carbonyl (C=O) groups excluding carboxylic acids is 1. The maximum absolute atomic E-state index is 11.5. The number of para-hydroxylation sites is 1. The lowest BCUT2D eigenvalue weighted by atomic mass is 10.3. The average Bonchev–Trinajstić information content (AvgIpc) is 2.27. The van der Waals surface area contributed by atoms with Crippen molar-refractivity contribution < 1.29 is 14.3 Å². The molecule has 1 rings (SSSR count). The van der Waals surface area contributed by atoms with Gasteiger partial charge in [0, 0.05) is 5.33 Å². The van der Waals surface area contributed by atoms with Crippen molar-refractivity contribution in [2.75, 3.05) is 12.4 Å². The van der Waals surface area contributed by atoms with Gasteiger partial charge in [-0.2, -0.15) is 0 Å². The van der Waals surface area contributed by atoms with Crippen LogP contribution in [0.4, 0.5) is 0 Å². The second-order valence-electron chi connectivity index (χ2n) is 2.71. The van der Waals surface area contributed by atoms with E-state index in [4.69, 9.17) is 9.47 Å². The van der Waals surface area contributed by atoms with Crippen LogP contribution in [0.15, 0.2) is 42.2 Å². The predicted molar refractivity (Wildman–Crippen MR) is 61.0 cm³/mol. The number of rotatable bonds is 4. The van der Waals surface area contributed by atoms with Crippen molar-refractivity contribution in [1.82, 2.24) is 0 Å². The van der Waals surface area contributed by atoms with Crippen LogP contribution in [-0.4, -0.2) is 18.4 Å². The molecule has 15 heavy (non-hydrogen) atoms. The fourth-order valence-corrected chi connectivity index (χ4v) is 1.30. The molecule has 0 saturated carbocycles. The molecule has 0 N–H and O–H groups in total. The van der Waals surface area contributed by atoms with Crippen LogP contribution in [0.2, 0.25) is 0 Å². The molecular weight excluding hydrogens is 260 g/mol. The first kappa shape index (κ1) is 11.8. The van der Waals surface area contributed by atoms with Crippen LogP contribution in [0, 0.1) is 0 Å². The van der Waals surface area contributed by atoms with Gasteiger partial charge in [-0.3, -0.25) is 0 Å². The monoisotopic (exact) mass is 270 g/mol. The fourth-order valence-electron chi connectivity index (χ4n) is 0.938. The molecular formula is C11H11BrO3. The summed E-state index contributed by atoms with van der Waals surface area (Å²) in [4.78, 5) is 11.5. The number of halogens is 1. The molecule has 0 aliphatic carbocycles. The van der Waals surface area contributed by atoms with E-state index in [1.807, 2.05) is 6.07 Å². The van der Waals surface area contributed by atoms with Crippen LogP contribution in [0.3, 0.4) is 0 Å². The van der Waals surface area contributed by atoms with E-state index in [0.717, 1.165) is 0 Å². The molecule has 0 aliphatic rings. The summed E-state index contributed by atoms with van der Waals surface area (Å²) in [5.74, 6) is 0.102. The molecule has 0 unspecified atom stereocenters. The number of alkyl halides is 1. The van der Waals surface area contributed by atoms with E-state index in [1.54, 1.807) is 24.3 Å². The first-order chi connectivity index (χ1) is 7.27. The predicted octanol–water partition coefficient (Wildman–Crippen LogP) is 2.52. The van der Waals surface area contributed by atoms with Gasteiger partial charge in [-0.1, -0.05) is 34.1 Å². The molecule has 0 aromatic heterocycles. The van der Waals surface area contributed by atoms with Gasteiger partial charge in [-0.05, 0) is 12.1 Å². The van der Waals surface area contributed by atoms with E-state index in [2.05, 4.69) is 15.9 Å². The molecule has 1 aromatic rings. The molecule has 1 aromatic carbocycles. The molecule has 0 heterocycles. The normalized spacial score (nSPS) is 10.9. The van der Waals surface area contributed by atoms with Gasteiger partial charge in [-0.25, -0.2) is 4.79 Å². The zero-order chi connectivity index (χ0) is 11.1. The Morgan fingerprint density at radius 3 is 2.60 bits per heavy atom. The van der Waals surface area contributed by atoms with Gasteiger partial charge >= 0.3 is 5.97 Å². The first-order valence-electron chi connectivity index (χ1n) is 4.33. The van der Waals surface area contributed by atoms with Crippen molar-refractivity contribution in [3.63, 3.8) is 0 Å². The van der Waals surface area contributed by atoms with Gasteiger partial charge in [0.05, 0.1) is 18.9 Å². The Bertz CT molecular complexity index is 346. The average molecular weight is 271 g/mol. The Hall–Kier alpha value is -1.29. The van der Waals surface area contributed by atoms with Gasteiger partial charge in [0.1, 0.15) is 5.75 Å². The van der Waals surface area contributed by atoms with Crippen LogP contribution in [0.5, 0.6) is 5.75 Å². The first-order valence-corrected chi connectivity index (χ1v) is 5.45. The van der Waals surface area contributed by atoms with Gasteiger partial charge in [0.25, 0.3) is 0 Å². The highest BCUT2D eigenvalue weighted by molar-refractivity contribution is 9.09. The molecule has 0 saturated heterocycles. The highest BCUT2D eigenvalue weighted by Gasteiger charge is 2.10. The van der Waals surface area contributed by atoms with Crippen molar-refractivity contribution in [3.8, 4) is 5.75 Å². The van der Waals surface area contributed by atoms with E-state index in [-0.39, 0.29) is 0 Å². The number of esters is 1. The smallest absolute Gasteiger partial charge is 0.343 e. The zero-order valence-corrected chi connectivity index (χ0v) is 9.86. The molecule has 0 bridgehead atoms. The summed E-state index contributed by atoms with van der Waals surface area (Å²) < 4.78 is 9.86. The third kappa shape index (κ3) is 3.75. The summed E-state index contributed by atoms with van der Waals surface area (Å²) in [7, 11) is 1.48. The van der Waals surface area contributed by atoms with Crippen LogP contribution in [-0.2, 0) is 9.53 Å². The second kappa shape index (κ2) is 6.24. The zero-order valence-electron chi connectivity index (χ0n) is 8.27. The summed E-state index contributed by atoms with van der Waals surface area (Å²) >= 11 is 3.18. The van der Waals surface area contributed by atoms with Crippen LogP contribution < -0.4 is 4.74 Å². The van der Waals surface area contributed by atoms with Crippen molar-refractivity contribution >= 4 is 21.9 Å². The Morgan fingerprint density at radius 2 is 2.07 bits per heavy atom. The molecule has 0 fully saturated rings. The Kier molecular flexibility index (Phi) is 4.90. The molecule has 0 aliphatic heterocycles. The third-order valence-electron chi connectivity index (χ3n) is 1.62. The lowest BCUT2D eigenvalue weighted by Crippen LogP contribution is -2.12. The quantitative estimate of drug-likeness (QED) is 0.277. The highest BCUT2D eigenvalue weighted by atomic mass is 79.9. The minimum Gasteiger partial charge on any atom is -0.504 e. The SMILES string of the molecule is COC=C(CBr)C(=O)Oc1ccccc1. The number of ether oxygens (including phenoxy) is 2. The second-order valence-corrected chi connectivity index (χ2v) is 3.28. The minimum atomic E-state index is -0.417.